The predicted octanol–water partition coefficient (Wildman–Crippen LogP) is 1.49. The molecule has 1 N–H and O–H groups in total. The van der Waals surface area contributed by atoms with E-state index in [9.17, 15) is 9.59 Å². The summed E-state index contributed by atoms with van der Waals surface area (Å²) in [5.74, 6) is 0.848. The van der Waals surface area contributed by atoms with Gasteiger partial charge >= 0.3 is 0 Å². The molecule has 2 amide bonds. The van der Waals surface area contributed by atoms with Crippen LogP contribution in [0.15, 0.2) is 36.8 Å². The number of pyridine rings is 1. The van der Waals surface area contributed by atoms with Gasteiger partial charge in [0.05, 0.1) is 6.54 Å². The minimum Gasteiger partial charge on any atom is -0.334 e. The number of carbonyl (C=O) groups excluding carboxylic acids is 2. The van der Waals surface area contributed by atoms with Crippen LogP contribution in [0.3, 0.4) is 0 Å². The molecule has 1 saturated carbocycles. The number of carbonyl (C=O) groups is 2. The van der Waals surface area contributed by atoms with Crippen LogP contribution in [0.5, 0.6) is 0 Å². The molecule has 2 aromatic rings. The molecule has 0 aliphatic heterocycles. The molecule has 3 rings (SSSR count). The Morgan fingerprint density at radius 3 is 2.65 bits per heavy atom. The molecule has 23 heavy (non-hydrogen) atoms. The number of nitrogens with one attached hydrogen (secondary N) is 1. The second-order valence-corrected chi connectivity index (χ2v) is 5.52. The number of amides is 2. The van der Waals surface area contributed by atoms with Gasteiger partial charge in [-0.05, 0) is 31.0 Å². The van der Waals surface area contributed by atoms with E-state index >= 15 is 0 Å². The summed E-state index contributed by atoms with van der Waals surface area (Å²) in [4.78, 5) is 38.1. The molecule has 7 nitrogen and oxygen atoms in total. The largest absolute Gasteiger partial charge is 0.334 e. The summed E-state index contributed by atoms with van der Waals surface area (Å²) >= 11 is 0. The Bertz CT molecular complexity index is 715. The smallest absolute Gasteiger partial charge is 0.254 e. The summed E-state index contributed by atoms with van der Waals surface area (Å²) in [5.41, 5.74) is 0.463. The number of hydrogen-bond acceptors (Lipinski definition) is 5. The zero-order valence-electron chi connectivity index (χ0n) is 12.8. The molecule has 1 aliphatic rings. The van der Waals surface area contributed by atoms with Crippen LogP contribution >= 0.6 is 0 Å². The predicted molar refractivity (Wildman–Crippen MR) is 83.4 cm³/mol. The first-order chi connectivity index (χ1) is 11.1. The molecule has 0 bridgehead atoms. The Morgan fingerprint density at radius 2 is 1.96 bits per heavy atom. The van der Waals surface area contributed by atoms with Crippen LogP contribution < -0.4 is 5.32 Å². The summed E-state index contributed by atoms with van der Waals surface area (Å²) in [6.45, 7) is 0.311. The summed E-state index contributed by atoms with van der Waals surface area (Å²) < 4.78 is 0. The third kappa shape index (κ3) is 3.88. The normalized spacial score (nSPS) is 13.4. The van der Waals surface area contributed by atoms with E-state index in [1.165, 1.54) is 11.1 Å². The molecular weight excluding hydrogens is 294 g/mol. The van der Waals surface area contributed by atoms with Gasteiger partial charge in [-0.1, -0.05) is 0 Å². The summed E-state index contributed by atoms with van der Waals surface area (Å²) in [6, 6.07) is 4.94. The van der Waals surface area contributed by atoms with E-state index in [1.807, 2.05) is 0 Å². The highest BCUT2D eigenvalue weighted by Crippen LogP contribution is 2.29. The van der Waals surface area contributed by atoms with Crippen LogP contribution in [-0.4, -0.2) is 38.7 Å². The monoisotopic (exact) mass is 311 g/mol. The Morgan fingerprint density at radius 1 is 1.22 bits per heavy atom. The minimum absolute atomic E-state index is 0.0341. The molecule has 1 aliphatic carbocycles. The molecule has 0 atom stereocenters. The average Bonchev–Trinajstić information content (AvgIpc) is 3.40. The van der Waals surface area contributed by atoms with Crippen molar-refractivity contribution in [2.45, 2.75) is 19.4 Å². The van der Waals surface area contributed by atoms with E-state index in [2.05, 4.69) is 20.3 Å². The quantitative estimate of drug-likeness (QED) is 0.904. The maximum Gasteiger partial charge on any atom is 0.254 e. The van der Waals surface area contributed by atoms with Gasteiger partial charge in [-0.15, -0.1) is 0 Å². The highest BCUT2D eigenvalue weighted by atomic mass is 16.2. The van der Waals surface area contributed by atoms with Crippen molar-refractivity contribution in [3.63, 3.8) is 0 Å². The van der Waals surface area contributed by atoms with E-state index in [1.54, 1.807) is 37.6 Å². The van der Waals surface area contributed by atoms with Crippen LogP contribution in [0, 0.1) is 5.92 Å². The van der Waals surface area contributed by atoms with Gasteiger partial charge in [-0.3, -0.25) is 9.59 Å². The molecule has 2 aromatic heterocycles. The second kappa shape index (κ2) is 6.51. The standard InChI is InChI=1S/C16H17N5O2/c1-21(10-14-17-6-2-7-18-14)16(23)12-5-8-19-13(9-12)20-15(22)11-3-4-11/h2,5-9,11H,3-4,10H2,1H3,(H,19,20,22). The lowest BCUT2D eigenvalue weighted by molar-refractivity contribution is -0.117. The van der Waals surface area contributed by atoms with Crippen molar-refractivity contribution in [2.24, 2.45) is 5.92 Å². The fraction of sp³-hybridized carbons (Fsp3) is 0.312. The summed E-state index contributed by atoms with van der Waals surface area (Å²) in [5, 5.41) is 2.74. The molecule has 0 spiro atoms. The van der Waals surface area contributed by atoms with Crippen molar-refractivity contribution < 1.29 is 9.59 Å². The number of aromatic nitrogens is 3. The van der Waals surface area contributed by atoms with Gasteiger partial charge < -0.3 is 10.2 Å². The first-order valence-electron chi connectivity index (χ1n) is 7.42. The fourth-order valence-electron chi connectivity index (χ4n) is 2.12. The highest BCUT2D eigenvalue weighted by Gasteiger charge is 2.29. The summed E-state index contributed by atoms with van der Waals surface area (Å²) in [7, 11) is 1.68. The zero-order valence-corrected chi connectivity index (χ0v) is 12.8. The van der Waals surface area contributed by atoms with Crippen molar-refractivity contribution in [1.82, 2.24) is 19.9 Å². The molecule has 0 radical (unpaired) electrons. The number of nitrogens with zero attached hydrogens (tertiary/aromatic N) is 4. The molecule has 118 valence electrons. The van der Waals surface area contributed by atoms with Crippen LogP contribution in [0.4, 0.5) is 5.82 Å². The Hall–Kier alpha value is -2.83. The molecule has 2 heterocycles. The first-order valence-corrected chi connectivity index (χ1v) is 7.42. The Labute approximate surface area is 133 Å². The van der Waals surface area contributed by atoms with E-state index in [-0.39, 0.29) is 17.7 Å². The maximum atomic E-state index is 12.5. The topological polar surface area (TPSA) is 88.1 Å². The molecule has 1 fully saturated rings. The van der Waals surface area contributed by atoms with E-state index in [0.29, 0.717) is 23.8 Å². The van der Waals surface area contributed by atoms with Crippen molar-refractivity contribution in [1.29, 1.82) is 0 Å². The lowest BCUT2D eigenvalue weighted by atomic mass is 10.2. The average molecular weight is 311 g/mol. The molecule has 7 heteroatoms. The van der Waals surface area contributed by atoms with Gasteiger partial charge in [-0.25, -0.2) is 15.0 Å². The van der Waals surface area contributed by atoms with Gasteiger partial charge in [0.2, 0.25) is 5.91 Å². The fourth-order valence-corrected chi connectivity index (χ4v) is 2.12. The van der Waals surface area contributed by atoms with Crippen LogP contribution in [0.25, 0.3) is 0 Å². The number of rotatable bonds is 5. The van der Waals surface area contributed by atoms with E-state index < -0.39 is 0 Å². The van der Waals surface area contributed by atoms with Gasteiger partial charge in [0.25, 0.3) is 5.91 Å². The lowest BCUT2D eigenvalue weighted by Crippen LogP contribution is -2.27. The van der Waals surface area contributed by atoms with E-state index in [4.69, 9.17) is 0 Å². The van der Waals surface area contributed by atoms with Crippen molar-refractivity contribution in [3.05, 3.63) is 48.2 Å². The lowest BCUT2D eigenvalue weighted by Gasteiger charge is -2.16. The maximum absolute atomic E-state index is 12.5. The Kier molecular flexibility index (Phi) is 4.27. The minimum atomic E-state index is -0.179. The molecule has 0 aromatic carbocycles. The highest BCUT2D eigenvalue weighted by molar-refractivity contribution is 5.97. The zero-order chi connectivity index (χ0) is 16.2. The van der Waals surface area contributed by atoms with Gasteiger partial charge in [0, 0.05) is 37.1 Å². The van der Waals surface area contributed by atoms with Gasteiger partial charge in [-0.2, -0.15) is 0 Å². The third-order valence-corrected chi connectivity index (χ3v) is 3.55. The molecular formula is C16H17N5O2. The summed E-state index contributed by atoms with van der Waals surface area (Å²) in [6.07, 6.45) is 6.63. The number of anilines is 1. The molecule has 0 saturated heterocycles. The second-order valence-electron chi connectivity index (χ2n) is 5.52. The van der Waals surface area contributed by atoms with Crippen LogP contribution in [0.1, 0.15) is 29.0 Å². The third-order valence-electron chi connectivity index (χ3n) is 3.55. The van der Waals surface area contributed by atoms with E-state index in [0.717, 1.165) is 12.8 Å². The first kappa shape index (κ1) is 15.1. The van der Waals surface area contributed by atoms with Crippen molar-refractivity contribution in [2.75, 3.05) is 12.4 Å². The van der Waals surface area contributed by atoms with Crippen molar-refractivity contribution >= 4 is 17.6 Å². The van der Waals surface area contributed by atoms with Crippen LogP contribution in [0.2, 0.25) is 0 Å². The van der Waals surface area contributed by atoms with Crippen molar-refractivity contribution in [3.8, 4) is 0 Å². The van der Waals surface area contributed by atoms with Gasteiger partial charge in [0.1, 0.15) is 11.6 Å². The SMILES string of the molecule is CN(Cc1ncccn1)C(=O)c1ccnc(NC(=O)C2CC2)c1. The number of hydrogen-bond donors (Lipinski definition) is 1. The Balaban J connectivity index is 1.67. The van der Waals surface area contributed by atoms with Gasteiger partial charge in [0.15, 0.2) is 0 Å². The molecule has 0 unspecified atom stereocenters. The van der Waals surface area contributed by atoms with Crippen LogP contribution in [-0.2, 0) is 11.3 Å².